The van der Waals surface area contributed by atoms with Gasteiger partial charge in [0.25, 0.3) is 0 Å². The lowest BCUT2D eigenvalue weighted by molar-refractivity contribution is -0.144. The Labute approximate surface area is 202 Å². The molecule has 2 heterocycles. The Morgan fingerprint density at radius 1 is 1.06 bits per heavy atom. The lowest BCUT2D eigenvalue weighted by atomic mass is 9.54. The third-order valence-corrected chi connectivity index (χ3v) is 9.50. The maximum absolute atomic E-state index is 13.3. The minimum atomic E-state index is -0.315. The first-order valence-corrected chi connectivity index (χ1v) is 13.5. The highest BCUT2D eigenvalue weighted by Crippen LogP contribution is 2.54. The molecule has 1 aromatic carbocycles. The Morgan fingerprint density at radius 3 is 2.41 bits per heavy atom. The molecule has 1 saturated heterocycles. The van der Waals surface area contributed by atoms with Crippen molar-refractivity contribution in [2.75, 3.05) is 19.7 Å². The van der Waals surface area contributed by atoms with Crippen LogP contribution in [0.1, 0.15) is 76.2 Å². The SMILES string of the molecule is CCOC(=O)CC1CC2(CCN(C(=O)NC3C4CC5CC(C4)CC3C5)CC2)Oc2ccccc21. The Morgan fingerprint density at radius 2 is 1.74 bits per heavy atom. The number of hydrogen-bond donors (Lipinski definition) is 1. The number of amides is 2. The van der Waals surface area contributed by atoms with Crippen LogP contribution in [0.3, 0.4) is 0 Å². The van der Waals surface area contributed by atoms with Crippen molar-refractivity contribution < 1.29 is 19.1 Å². The number of carbonyl (C=O) groups excluding carboxylic acids is 2. The number of rotatable bonds is 4. The first-order valence-electron chi connectivity index (χ1n) is 13.5. The fraction of sp³-hybridized carbons (Fsp3) is 0.714. The van der Waals surface area contributed by atoms with E-state index in [0.717, 1.165) is 42.4 Å². The molecule has 4 aliphatic carbocycles. The van der Waals surface area contributed by atoms with Gasteiger partial charge in [-0.1, -0.05) is 18.2 Å². The van der Waals surface area contributed by atoms with Crippen LogP contribution in [0.4, 0.5) is 4.79 Å². The van der Waals surface area contributed by atoms with Crippen LogP contribution in [-0.4, -0.2) is 48.2 Å². The van der Waals surface area contributed by atoms with E-state index in [9.17, 15) is 9.59 Å². The van der Waals surface area contributed by atoms with E-state index in [2.05, 4.69) is 11.4 Å². The van der Waals surface area contributed by atoms with Crippen LogP contribution < -0.4 is 10.1 Å². The molecule has 6 heteroatoms. The number of nitrogens with one attached hydrogen (secondary N) is 1. The second-order valence-corrected chi connectivity index (χ2v) is 11.6. The summed E-state index contributed by atoms with van der Waals surface area (Å²) in [7, 11) is 0. The molecular formula is C28H38N2O4. The number of likely N-dealkylation sites (tertiary alicyclic amines) is 1. The maximum Gasteiger partial charge on any atom is 0.317 e. The third kappa shape index (κ3) is 4.07. The predicted octanol–water partition coefficient (Wildman–Crippen LogP) is 4.87. The van der Waals surface area contributed by atoms with E-state index in [-0.39, 0.29) is 23.5 Å². The number of fused-ring (bicyclic) bond motifs is 1. The number of ether oxygens (including phenoxy) is 2. The molecule has 1 aromatic rings. The van der Waals surface area contributed by atoms with Crippen LogP contribution >= 0.6 is 0 Å². The first-order chi connectivity index (χ1) is 16.5. The van der Waals surface area contributed by atoms with E-state index in [1.807, 2.05) is 30.0 Å². The topological polar surface area (TPSA) is 67.9 Å². The van der Waals surface area contributed by atoms with Gasteiger partial charge in [-0.2, -0.15) is 0 Å². The highest BCUT2D eigenvalue weighted by Gasteiger charge is 2.49. The maximum atomic E-state index is 13.3. The fourth-order valence-corrected chi connectivity index (χ4v) is 8.17. The van der Waals surface area contributed by atoms with Gasteiger partial charge in [0.1, 0.15) is 11.4 Å². The quantitative estimate of drug-likeness (QED) is 0.643. The van der Waals surface area contributed by atoms with Gasteiger partial charge in [0.15, 0.2) is 0 Å². The third-order valence-electron chi connectivity index (χ3n) is 9.50. The lowest BCUT2D eigenvalue weighted by Crippen LogP contribution is -2.60. The summed E-state index contributed by atoms with van der Waals surface area (Å²) in [5, 5.41) is 3.47. The van der Waals surface area contributed by atoms with Crippen LogP contribution in [0.25, 0.3) is 0 Å². The molecule has 1 N–H and O–H groups in total. The molecule has 0 radical (unpaired) electrons. The average molecular weight is 467 g/mol. The monoisotopic (exact) mass is 466 g/mol. The number of carbonyl (C=O) groups is 2. The standard InChI is InChI=1S/C28H38N2O4/c1-2-33-25(31)16-22-17-28(34-24-6-4-3-5-23(22)24)7-9-30(10-8-28)27(32)29-26-20-12-18-11-19(14-20)15-21(26)13-18/h3-6,18-22,26H,2,7-17H2,1H3,(H,29,32). The molecular weight excluding hydrogens is 428 g/mol. The van der Waals surface area contributed by atoms with Gasteiger partial charge in [0, 0.05) is 37.9 Å². The molecule has 4 saturated carbocycles. The second kappa shape index (κ2) is 8.76. The fourth-order valence-electron chi connectivity index (χ4n) is 8.17. The average Bonchev–Trinajstić information content (AvgIpc) is 2.81. The van der Waals surface area contributed by atoms with E-state index in [4.69, 9.17) is 9.47 Å². The number of urea groups is 1. The number of benzene rings is 1. The second-order valence-electron chi connectivity index (χ2n) is 11.6. The predicted molar refractivity (Wildman–Crippen MR) is 129 cm³/mol. The number of hydrogen-bond acceptors (Lipinski definition) is 4. The molecule has 5 fully saturated rings. The highest BCUT2D eigenvalue weighted by atomic mass is 16.5. The van der Waals surface area contributed by atoms with Crippen LogP contribution in [-0.2, 0) is 9.53 Å². The summed E-state index contributed by atoms with van der Waals surface area (Å²) >= 11 is 0. The molecule has 184 valence electrons. The molecule has 7 rings (SSSR count). The zero-order valence-electron chi connectivity index (χ0n) is 20.3. The zero-order valence-corrected chi connectivity index (χ0v) is 20.3. The summed E-state index contributed by atoms with van der Waals surface area (Å²) < 4.78 is 11.8. The van der Waals surface area contributed by atoms with E-state index in [1.165, 1.54) is 32.1 Å². The van der Waals surface area contributed by atoms with E-state index in [0.29, 0.717) is 44.0 Å². The zero-order chi connectivity index (χ0) is 23.3. The van der Waals surface area contributed by atoms with Crippen LogP contribution in [0.2, 0.25) is 0 Å². The number of piperidine rings is 1. The Balaban J connectivity index is 1.10. The number of esters is 1. The van der Waals surface area contributed by atoms with Crippen LogP contribution in [0, 0.1) is 23.7 Å². The number of nitrogens with zero attached hydrogens (tertiary/aromatic N) is 1. The first kappa shape index (κ1) is 22.2. The summed E-state index contributed by atoms with van der Waals surface area (Å²) in [6.45, 7) is 3.66. The molecule has 6 aliphatic rings. The number of para-hydroxylation sites is 1. The van der Waals surface area contributed by atoms with Crippen molar-refractivity contribution in [3.05, 3.63) is 29.8 Å². The van der Waals surface area contributed by atoms with Crippen molar-refractivity contribution in [3.63, 3.8) is 0 Å². The molecule has 1 unspecified atom stereocenters. The molecule has 1 atom stereocenters. The molecule has 34 heavy (non-hydrogen) atoms. The van der Waals surface area contributed by atoms with Crippen LogP contribution in [0.5, 0.6) is 5.75 Å². The molecule has 1 spiro atoms. The van der Waals surface area contributed by atoms with Crippen molar-refractivity contribution in [2.24, 2.45) is 23.7 Å². The summed E-state index contributed by atoms with van der Waals surface area (Å²) in [5.41, 5.74) is 0.786. The Bertz CT molecular complexity index is 910. The Kier molecular flexibility index (Phi) is 5.73. The van der Waals surface area contributed by atoms with Crippen molar-refractivity contribution in [1.82, 2.24) is 10.2 Å². The van der Waals surface area contributed by atoms with E-state index >= 15 is 0 Å². The minimum absolute atomic E-state index is 0.0948. The minimum Gasteiger partial charge on any atom is -0.487 e. The van der Waals surface area contributed by atoms with Gasteiger partial charge >= 0.3 is 12.0 Å². The molecule has 4 bridgehead atoms. The van der Waals surface area contributed by atoms with Gasteiger partial charge in [-0.05, 0) is 80.8 Å². The van der Waals surface area contributed by atoms with Gasteiger partial charge in [0.05, 0.1) is 13.0 Å². The lowest BCUT2D eigenvalue weighted by Gasteiger charge is -2.54. The van der Waals surface area contributed by atoms with Crippen molar-refractivity contribution in [2.45, 2.75) is 82.3 Å². The van der Waals surface area contributed by atoms with Crippen molar-refractivity contribution in [3.8, 4) is 5.75 Å². The van der Waals surface area contributed by atoms with Gasteiger partial charge in [0.2, 0.25) is 0 Å². The van der Waals surface area contributed by atoms with Gasteiger partial charge in [-0.25, -0.2) is 4.79 Å². The summed E-state index contributed by atoms with van der Waals surface area (Å²) in [6.07, 6.45) is 9.48. The largest absolute Gasteiger partial charge is 0.487 e. The molecule has 0 aromatic heterocycles. The normalized spacial score (nSPS) is 34.9. The smallest absolute Gasteiger partial charge is 0.317 e. The molecule has 2 aliphatic heterocycles. The highest BCUT2D eigenvalue weighted by molar-refractivity contribution is 5.75. The van der Waals surface area contributed by atoms with Crippen molar-refractivity contribution >= 4 is 12.0 Å². The summed E-state index contributed by atoms with van der Waals surface area (Å²) in [4.78, 5) is 27.6. The van der Waals surface area contributed by atoms with E-state index in [1.54, 1.807) is 0 Å². The van der Waals surface area contributed by atoms with Crippen LogP contribution in [0.15, 0.2) is 24.3 Å². The van der Waals surface area contributed by atoms with Gasteiger partial charge in [-0.3, -0.25) is 4.79 Å². The Hall–Kier alpha value is -2.24. The van der Waals surface area contributed by atoms with Gasteiger partial charge < -0.3 is 19.7 Å². The molecule has 2 amide bonds. The molecule has 6 nitrogen and oxygen atoms in total. The van der Waals surface area contributed by atoms with Gasteiger partial charge in [-0.15, -0.1) is 0 Å². The van der Waals surface area contributed by atoms with E-state index < -0.39 is 0 Å². The summed E-state index contributed by atoms with van der Waals surface area (Å²) in [5.74, 6) is 4.05. The summed E-state index contributed by atoms with van der Waals surface area (Å²) in [6, 6.07) is 8.58. The van der Waals surface area contributed by atoms with Crippen molar-refractivity contribution in [1.29, 1.82) is 0 Å².